The number of carbonyl (C=O) groups excluding carboxylic acids is 1. The molecule has 2 atom stereocenters. The smallest absolute Gasteiger partial charge is 0.260 e. The van der Waals surface area contributed by atoms with Gasteiger partial charge in [-0.2, -0.15) is 0 Å². The van der Waals surface area contributed by atoms with Gasteiger partial charge in [-0.25, -0.2) is 4.39 Å². The van der Waals surface area contributed by atoms with Crippen molar-refractivity contribution < 1.29 is 13.9 Å². The van der Waals surface area contributed by atoms with Gasteiger partial charge in [0.25, 0.3) is 5.91 Å². The summed E-state index contributed by atoms with van der Waals surface area (Å²) in [5, 5.41) is 0.643. The van der Waals surface area contributed by atoms with E-state index in [2.05, 4.69) is 30.9 Å². The fourth-order valence-electron chi connectivity index (χ4n) is 4.46. The Morgan fingerprint density at radius 3 is 2.44 bits per heavy atom. The fraction of sp³-hybridized carbons (Fsp3) is 0.321. The first kappa shape index (κ1) is 24.2. The van der Waals surface area contributed by atoms with Crippen LogP contribution in [-0.4, -0.2) is 47.5 Å². The number of carbonyl (C=O) groups is 1. The highest BCUT2D eigenvalue weighted by molar-refractivity contribution is 6.30. The molecular formula is C28H30ClFN2O2. The SMILES string of the molecule is C[C@@H]1CN(Cc2ccc(F)cc2)[C@@H](C)CN1C(=O)COc1ccc(Cl)cc1Cc1ccccc1. The Morgan fingerprint density at radius 2 is 1.71 bits per heavy atom. The van der Waals surface area contributed by atoms with Crippen LogP contribution in [0.5, 0.6) is 5.75 Å². The first-order valence-corrected chi connectivity index (χ1v) is 12.0. The molecule has 178 valence electrons. The van der Waals surface area contributed by atoms with E-state index in [9.17, 15) is 9.18 Å². The average molecular weight is 481 g/mol. The van der Waals surface area contributed by atoms with Crippen molar-refractivity contribution in [1.82, 2.24) is 9.80 Å². The van der Waals surface area contributed by atoms with E-state index in [-0.39, 0.29) is 30.4 Å². The molecule has 0 radical (unpaired) electrons. The average Bonchev–Trinajstić information content (AvgIpc) is 2.82. The molecule has 6 heteroatoms. The first-order valence-electron chi connectivity index (χ1n) is 11.6. The molecule has 0 bridgehead atoms. The van der Waals surface area contributed by atoms with Crippen molar-refractivity contribution in [2.24, 2.45) is 0 Å². The second-order valence-corrected chi connectivity index (χ2v) is 9.44. The van der Waals surface area contributed by atoms with E-state index in [0.29, 0.717) is 23.7 Å². The monoisotopic (exact) mass is 480 g/mol. The van der Waals surface area contributed by atoms with Gasteiger partial charge in [-0.3, -0.25) is 9.69 Å². The van der Waals surface area contributed by atoms with Crippen molar-refractivity contribution in [2.75, 3.05) is 19.7 Å². The number of benzene rings is 3. The van der Waals surface area contributed by atoms with Gasteiger partial charge < -0.3 is 9.64 Å². The minimum absolute atomic E-state index is 0.0154. The predicted octanol–water partition coefficient (Wildman–Crippen LogP) is 5.57. The minimum atomic E-state index is -0.229. The van der Waals surface area contributed by atoms with Crippen LogP contribution in [0.2, 0.25) is 5.02 Å². The molecule has 3 aromatic rings. The molecule has 4 rings (SSSR count). The highest BCUT2D eigenvalue weighted by atomic mass is 35.5. The lowest BCUT2D eigenvalue weighted by molar-refractivity contribution is -0.139. The molecular weight excluding hydrogens is 451 g/mol. The molecule has 4 nitrogen and oxygen atoms in total. The fourth-order valence-corrected chi connectivity index (χ4v) is 4.65. The third-order valence-electron chi connectivity index (χ3n) is 6.35. The van der Waals surface area contributed by atoms with Crippen LogP contribution in [0.4, 0.5) is 4.39 Å². The molecule has 1 heterocycles. The Morgan fingerprint density at radius 1 is 0.971 bits per heavy atom. The molecule has 0 unspecified atom stereocenters. The van der Waals surface area contributed by atoms with Gasteiger partial charge in [0.05, 0.1) is 0 Å². The lowest BCUT2D eigenvalue weighted by Gasteiger charge is -2.44. The topological polar surface area (TPSA) is 32.8 Å². The number of hydrogen-bond acceptors (Lipinski definition) is 3. The summed E-state index contributed by atoms with van der Waals surface area (Å²) in [6.45, 7) is 6.28. The Bertz CT molecular complexity index is 1110. The molecule has 0 aliphatic carbocycles. The molecule has 0 saturated carbocycles. The summed E-state index contributed by atoms with van der Waals surface area (Å²) in [7, 11) is 0. The molecule has 0 N–H and O–H groups in total. The molecule has 3 aromatic carbocycles. The highest BCUT2D eigenvalue weighted by Crippen LogP contribution is 2.26. The van der Waals surface area contributed by atoms with Crippen molar-refractivity contribution in [3.05, 3.63) is 100 Å². The van der Waals surface area contributed by atoms with Crippen molar-refractivity contribution >= 4 is 17.5 Å². The molecule has 0 aromatic heterocycles. The number of hydrogen-bond donors (Lipinski definition) is 0. The summed E-state index contributed by atoms with van der Waals surface area (Å²) in [5.74, 6) is 0.423. The van der Waals surface area contributed by atoms with Gasteiger partial charge in [0.15, 0.2) is 6.61 Å². The van der Waals surface area contributed by atoms with E-state index in [4.69, 9.17) is 16.3 Å². The minimum Gasteiger partial charge on any atom is -0.483 e. The molecule has 1 fully saturated rings. The molecule has 1 amide bonds. The highest BCUT2D eigenvalue weighted by Gasteiger charge is 2.32. The number of ether oxygens (including phenoxy) is 1. The Hall–Kier alpha value is -2.89. The van der Waals surface area contributed by atoms with Gasteiger partial charge in [0, 0.05) is 43.2 Å². The van der Waals surface area contributed by atoms with E-state index in [0.717, 1.165) is 29.8 Å². The number of halogens is 2. The summed E-state index contributed by atoms with van der Waals surface area (Å²) in [5.41, 5.74) is 3.18. The summed E-state index contributed by atoms with van der Waals surface area (Å²) >= 11 is 6.23. The summed E-state index contributed by atoms with van der Waals surface area (Å²) in [6.07, 6.45) is 0.681. The van der Waals surface area contributed by atoms with E-state index in [1.807, 2.05) is 47.4 Å². The number of rotatable bonds is 7. The van der Waals surface area contributed by atoms with E-state index < -0.39 is 0 Å². The van der Waals surface area contributed by atoms with Crippen LogP contribution < -0.4 is 4.74 Å². The standard InChI is InChI=1S/C28H30ClFN2O2/c1-20-17-32(21(2)16-31(20)18-23-8-11-26(30)12-9-23)28(33)19-34-27-13-10-25(29)15-24(27)14-22-6-4-3-5-7-22/h3-13,15,20-21H,14,16-19H2,1-2H3/t20-,21+/m0/s1. The zero-order valence-electron chi connectivity index (χ0n) is 19.6. The summed E-state index contributed by atoms with van der Waals surface area (Å²) < 4.78 is 19.2. The van der Waals surface area contributed by atoms with Crippen molar-refractivity contribution in [3.63, 3.8) is 0 Å². The maximum absolute atomic E-state index is 13.2. The normalized spacial score (nSPS) is 18.6. The van der Waals surface area contributed by atoms with Gasteiger partial charge in [-0.1, -0.05) is 54.1 Å². The van der Waals surface area contributed by atoms with Crippen molar-refractivity contribution in [3.8, 4) is 5.75 Å². The van der Waals surface area contributed by atoms with Gasteiger partial charge >= 0.3 is 0 Å². The Kier molecular flexibility index (Phi) is 7.86. The molecule has 1 aliphatic rings. The first-order chi connectivity index (χ1) is 16.4. The zero-order chi connectivity index (χ0) is 24.1. The molecule has 0 spiro atoms. The van der Waals surface area contributed by atoms with Crippen LogP contribution in [0.1, 0.15) is 30.5 Å². The van der Waals surface area contributed by atoms with Crippen LogP contribution in [-0.2, 0) is 17.8 Å². The lowest BCUT2D eigenvalue weighted by Crippen LogP contribution is -2.58. The van der Waals surface area contributed by atoms with Crippen molar-refractivity contribution in [2.45, 2.75) is 38.9 Å². The quantitative estimate of drug-likeness (QED) is 0.443. The second kappa shape index (κ2) is 11.0. The van der Waals surface area contributed by atoms with Crippen LogP contribution >= 0.6 is 11.6 Å². The molecule has 1 saturated heterocycles. The van der Waals surface area contributed by atoms with Gasteiger partial charge in [-0.15, -0.1) is 0 Å². The summed E-state index contributed by atoms with van der Waals surface area (Å²) in [4.78, 5) is 17.3. The maximum Gasteiger partial charge on any atom is 0.260 e. The second-order valence-electron chi connectivity index (χ2n) is 9.00. The number of amides is 1. The Balaban J connectivity index is 1.36. The predicted molar refractivity (Wildman–Crippen MR) is 134 cm³/mol. The zero-order valence-corrected chi connectivity index (χ0v) is 20.3. The largest absolute Gasteiger partial charge is 0.483 e. The number of piperazine rings is 1. The van der Waals surface area contributed by atoms with E-state index in [1.54, 1.807) is 6.07 Å². The lowest BCUT2D eigenvalue weighted by atomic mass is 10.0. The maximum atomic E-state index is 13.2. The Labute approximate surface area is 205 Å². The number of nitrogens with zero attached hydrogens (tertiary/aromatic N) is 2. The molecule has 1 aliphatic heterocycles. The van der Waals surface area contributed by atoms with Gasteiger partial charge in [0.1, 0.15) is 11.6 Å². The van der Waals surface area contributed by atoms with E-state index >= 15 is 0 Å². The summed E-state index contributed by atoms with van der Waals surface area (Å²) in [6, 6.07) is 22.5. The van der Waals surface area contributed by atoms with Gasteiger partial charge in [-0.05, 0) is 60.9 Å². The molecule has 34 heavy (non-hydrogen) atoms. The van der Waals surface area contributed by atoms with Crippen LogP contribution in [0.15, 0.2) is 72.8 Å². The van der Waals surface area contributed by atoms with Crippen LogP contribution in [0.25, 0.3) is 0 Å². The van der Waals surface area contributed by atoms with Crippen molar-refractivity contribution in [1.29, 1.82) is 0 Å². The third-order valence-corrected chi connectivity index (χ3v) is 6.58. The van der Waals surface area contributed by atoms with E-state index in [1.165, 1.54) is 12.1 Å². The van der Waals surface area contributed by atoms with Crippen LogP contribution in [0, 0.1) is 5.82 Å². The van der Waals surface area contributed by atoms with Gasteiger partial charge in [0.2, 0.25) is 0 Å². The van der Waals surface area contributed by atoms with Crippen LogP contribution in [0.3, 0.4) is 0 Å². The third kappa shape index (κ3) is 6.16.